The fraction of sp³-hybridized carbons (Fsp3) is 0.667. The first-order valence-electron chi connectivity index (χ1n) is 7.07. The van der Waals surface area contributed by atoms with E-state index >= 15 is 0 Å². The summed E-state index contributed by atoms with van der Waals surface area (Å²) in [6.07, 6.45) is 3.47. The van der Waals surface area contributed by atoms with E-state index in [0.29, 0.717) is 12.5 Å². The lowest BCUT2D eigenvalue weighted by Crippen LogP contribution is -2.09. The van der Waals surface area contributed by atoms with Crippen LogP contribution in [0.4, 0.5) is 5.82 Å². The van der Waals surface area contributed by atoms with Crippen LogP contribution in [0.15, 0.2) is 18.2 Å². The smallest absolute Gasteiger partial charge is 0.126 e. The first-order chi connectivity index (χ1) is 8.80. The Balaban J connectivity index is 2.37. The number of rotatable bonds is 9. The summed E-state index contributed by atoms with van der Waals surface area (Å²) in [5, 5.41) is 3.29. The Bertz CT molecular complexity index is 324. The summed E-state index contributed by atoms with van der Waals surface area (Å²) in [4.78, 5) is 4.52. The number of ether oxygens (including phenoxy) is 1. The highest BCUT2D eigenvalue weighted by atomic mass is 16.5. The molecule has 102 valence electrons. The van der Waals surface area contributed by atoms with Crippen molar-refractivity contribution in [1.82, 2.24) is 4.98 Å². The molecule has 0 unspecified atom stereocenters. The van der Waals surface area contributed by atoms with Crippen molar-refractivity contribution in [2.24, 2.45) is 5.92 Å². The van der Waals surface area contributed by atoms with Crippen LogP contribution in [-0.2, 0) is 11.3 Å². The summed E-state index contributed by atoms with van der Waals surface area (Å²) in [5.74, 6) is 1.62. The Morgan fingerprint density at radius 3 is 2.67 bits per heavy atom. The normalized spacial score (nSPS) is 10.9. The maximum absolute atomic E-state index is 5.73. The lowest BCUT2D eigenvalue weighted by molar-refractivity contribution is 0.0823. The van der Waals surface area contributed by atoms with E-state index in [1.54, 1.807) is 0 Å². The van der Waals surface area contributed by atoms with Crippen molar-refractivity contribution >= 4 is 5.82 Å². The molecule has 1 aromatic heterocycles. The van der Waals surface area contributed by atoms with Gasteiger partial charge in [0.15, 0.2) is 0 Å². The number of anilines is 1. The zero-order valence-electron chi connectivity index (χ0n) is 11.9. The third-order valence-corrected chi connectivity index (χ3v) is 3.12. The number of pyridine rings is 1. The average molecular weight is 250 g/mol. The lowest BCUT2D eigenvalue weighted by Gasteiger charge is -2.12. The number of aromatic nitrogens is 1. The topological polar surface area (TPSA) is 34.1 Å². The van der Waals surface area contributed by atoms with Gasteiger partial charge in [0.1, 0.15) is 5.82 Å². The summed E-state index contributed by atoms with van der Waals surface area (Å²) < 4.78 is 5.73. The van der Waals surface area contributed by atoms with Gasteiger partial charge in [-0.25, -0.2) is 4.98 Å². The molecule has 3 nitrogen and oxygen atoms in total. The SMILES string of the molecule is CCCNc1cccc(COCC(CC)CC)n1. The van der Waals surface area contributed by atoms with E-state index in [1.807, 2.05) is 18.2 Å². The van der Waals surface area contributed by atoms with Gasteiger partial charge in [-0.3, -0.25) is 0 Å². The van der Waals surface area contributed by atoms with Crippen molar-refractivity contribution in [1.29, 1.82) is 0 Å². The highest BCUT2D eigenvalue weighted by Crippen LogP contribution is 2.10. The Morgan fingerprint density at radius 2 is 2.00 bits per heavy atom. The summed E-state index contributed by atoms with van der Waals surface area (Å²) in [6, 6.07) is 6.05. The third kappa shape index (κ3) is 5.50. The van der Waals surface area contributed by atoms with Gasteiger partial charge < -0.3 is 10.1 Å². The van der Waals surface area contributed by atoms with Gasteiger partial charge in [0.2, 0.25) is 0 Å². The Morgan fingerprint density at radius 1 is 1.22 bits per heavy atom. The molecule has 1 heterocycles. The van der Waals surface area contributed by atoms with E-state index in [1.165, 1.54) is 12.8 Å². The highest BCUT2D eigenvalue weighted by molar-refractivity contribution is 5.34. The summed E-state index contributed by atoms with van der Waals surface area (Å²) in [6.45, 7) is 8.98. The zero-order valence-corrected chi connectivity index (χ0v) is 11.9. The van der Waals surface area contributed by atoms with Gasteiger partial charge >= 0.3 is 0 Å². The summed E-state index contributed by atoms with van der Waals surface area (Å²) in [5.41, 5.74) is 1.00. The van der Waals surface area contributed by atoms with E-state index in [0.717, 1.165) is 31.1 Å². The van der Waals surface area contributed by atoms with Crippen LogP contribution in [0, 0.1) is 5.92 Å². The van der Waals surface area contributed by atoms with Gasteiger partial charge in [0.05, 0.1) is 12.3 Å². The molecular formula is C15H26N2O. The van der Waals surface area contributed by atoms with Gasteiger partial charge in [0, 0.05) is 13.2 Å². The Hall–Kier alpha value is -1.09. The molecule has 0 radical (unpaired) electrons. The van der Waals surface area contributed by atoms with Crippen LogP contribution < -0.4 is 5.32 Å². The molecule has 0 fully saturated rings. The first-order valence-corrected chi connectivity index (χ1v) is 7.07. The fourth-order valence-corrected chi connectivity index (χ4v) is 1.77. The zero-order chi connectivity index (χ0) is 13.2. The first kappa shape index (κ1) is 15.0. The number of nitrogens with zero attached hydrogens (tertiary/aromatic N) is 1. The largest absolute Gasteiger partial charge is 0.375 e. The summed E-state index contributed by atoms with van der Waals surface area (Å²) >= 11 is 0. The van der Waals surface area contributed by atoms with Crippen LogP contribution in [0.1, 0.15) is 45.7 Å². The molecule has 0 aliphatic carbocycles. The van der Waals surface area contributed by atoms with Gasteiger partial charge in [-0.1, -0.05) is 39.7 Å². The molecule has 0 aromatic carbocycles. The molecule has 0 aliphatic heterocycles. The Labute approximate surface area is 111 Å². The molecule has 1 N–H and O–H groups in total. The second kappa shape index (κ2) is 8.92. The van der Waals surface area contributed by atoms with Crippen LogP contribution in [0.5, 0.6) is 0 Å². The van der Waals surface area contributed by atoms with Gasteiger partial charge in [-0.15, -0.1) is 0 Å². The minimum absolute atomic E-state index is 0.609. The minimum Gasteiger partial charge on any atom is -0.375 e. The molecule has 3 heteroatoms. The number of hydrogen-bond acceptors (Lipinski definition) is 3. The maximum atomic E-state index is 5.73. The second-order valence-corrected chi connectivity index (χ2v) is 4.64. The van der Waals surface area contributed by atoms with Crippen molar-refractivity contribution in [2.75, 3.05) is 18.5 Å². The van der Waals surface area contributed by atoms with Gasteiger partial charge in [-0.05, 0) is 24.5 Å². The van der Waals surface area contributed by atoms with E-state index in [9.17, 15) is 0 Å². The predicted molar refractivity (Wildman–Crippen MR) is 76.7 cm³/mol. The molecule has 0 bridgehead atoms. The predicted octanol–water partition coefficient (Wildman–Crippen LogP) is 3.86. The van der Waals surface area contributed by atoms with Crippen molar-refractivity contribution in [3.63, 3.8) is 0 Å². The lowest BCUT2D eigenvalue weighted by atomic mass is 10.1. The second-order valence-electron chi connectivity index (χ2n) is 4.64. The molecular weight excluding hydrogens is 224 g/mol. The van der Waals surface area contributed by atoms with Gasteiger partial charge in [-0.2, -0.15) is 0 Å². The average Bonchev–Trinajstić information content (AvgIpc) is 2.42. The Kier molecular flexibility index (Phi) is 7.42. The van der Waals surface area contributed by atoms with Crippen LogP contribution in [0.25, 0.3) is 0 Å². The van der Waals surface area contributed by atoms with E-state index in [2.05, 4.69) is 31.1 Å². The van der Waals surface area contributed by atoms with E-state index in [4.69, 9.17) is 4.74 Å². The number of hydrogen-bond donors (Lipinski definition) is 1. The van der Waals surface area contributed by atoms with Crippen LogP contribution >= 0.6 is 0 Å². The van der Waals surface area contributed by atoms with E-state index in [-0.39, 0.29) is 0 Å². The molecule has 0 amide bonds. The molecule has 1 aromatic rings. The molecule has 18 heavy (non-hydrogen) atoms. The van der Waals surface area contributed by atoms with E-state index < -0.39 is 0 Å². The monoisotopic (exact) mass is 250 g/mol. The van der Waals surface area contributed by atoms with Crippen LogP contribution in [0.2, 0.25) is 0 Å². The molecule has 0 spiro atoms. The van der Waals surface area contributed by atoms with Crippen molar-refractivity contribution < 1.29 is 4.74 Å². The maximum Gasteiger partial charge on any atom is 0.126 e. The minimum atomic E-state index is 0.609. The quantitative estimate of drug-likeness (QED) is 0.722. The third-order valence-electron chi connectivity index (χ3n) is 3.12. The molecule has 0 atom stereocenters. The van der Waals surface area contributed by atoms with Crippen molar-refractivity contribution in [2.45, 2.75) is 46.6 Å². The molecule has 0 saturated carbocycles. The van der Waals surface area contributed by atoms with Crippen molar-refractivity contribution in [3.8, 4) is 0 Å². The standard InChI is InChI=1S/C15H26N2O/c1-4-10-16-15-9-7-8-14(17-15)12-18-11-13(5-2)6-3/h7-9,13H,4-6,10-12H2,1-3H3,(H,16,17). The molecule has 1 rings (SSSR count). The van der Waals surface area contributed by atoms with Crippen LogP contribution in [0.3, 0.4) is 0 Å². The highest BCUT2D eigenvalue weighted by Gasteiger charge is 2.04. The summed E-state index contributed by atoms with van der Waals surface area (Å²) in [7, 11) is 0. The molecule has 0 aliphatic rings. The number of nitrogens with one attached hydrogen (secondary N) is 1. The fourth-order valence-electron chi connectivity index (χ4n) is 1.77. The van der Waals surface area contributed by atoms with Gasteiger partial charge in [0.25, 0.3) is 0 Å². The van der Waals surface area contributed by atoms with Crippen LogP contribution in [-0.4, -0.2) is 18.1 Å². The molecule has 0 saturated heterocycles. The van der Waals surface area contributed by atoms with Crippen molar-refractivity contribution in [3.05, 3.63) is 23.9 Å².